The van der Waals surface area contributed by atoms with Crippen LogP contribution in [0.2, 0.25) is 0 Å². The molecule has 0 radical (unpaired) electrons. The highest BCUT2D eigenvalue weighted by atomic mass is 15.0. The smallest absolute Gasteiger partial charge is 0.149 e. The number of nitrogens with two attached hydrogens (primary N) is 1. The van der Waals surface area contributed by atoms with Crippen molar-refractivity contribution in [3.63, 3.8) is 0 Å². The van der Waals surface area contributed by atoms with Gasteiger partial charge in [-0.05, 0) is 36.8 Å². The van der Waals surface area contributed by atoms with Gasteiger partial charge in [0.2, 0.25) is 0 Å². The molecule has 2 rings (SSSR count). The highest BCUT2D eigenvalue weighted by molar-refractivity contribution is 5.60. The molecular formula is C14H23N3. The maximum absolute atomic E-state index is 5.85. The fourth-order valence-electron chi connectivity index (χ4n) is 2.65. The van der Waals surface area contributed by atoms with Gasteiger partial charge < -0.3 is 11.1 Å². The molecule has 0 amide bonds. The van der Waals surface area contributed by atoms with Gasteiger partial charge in [-0.15, -0.1) is 0 Å². The van der Waals surface area contributed by atoms with Gasteiger partial charge >= 0.3 is 0 Å². The average molecular weight is 233 g/mol. The second kappa shape index (κ2) is 5.89. The maximum Gasteiger partial charge on any atom is 0.149 e. The number of aromatic nitrogens is 1. The van der Waals surface area contributed by atoms with Crippen molar-refractivity contribution in [1.82, 2.24) is 4.98 Å². The molecule has 3 heteroatoms. The Morgan fingerprint density at radius 3 is 2.65 bits per heavy atom. The van der Waals surface area contributed by atoms with E-state index in [9.17, 15) is 0 Å². The van der Waals surface area contributed by atoms with Crippen LogP contribution in [-0.4, -0.2) is 11.5 Å². The van der Waals surface area contributed by atoms with E-state index in [1.54, 1.807) is 6.20 Å². The molecule has 1 aromatic rings. The van der Waals surface area contributed by atoms with E-state index in [2.05, 4.69) is 17.2 Å². The monoisotopic (exact) mass is 233 g/mol. The van der Waals surface area contributed by atoms with Gasteiger partial charge in [0.15, 0.2) is 0 Å². The standard InChI is InChI=1S/C14H23N3/c1-2-11-5-7-12(8-6-11)10-17-14-13(15)4-3-9-16-14/h3-4,9,11-12H,2,5-8,10,15H2,1H3,(H,16,17). The van der Waals surface area contributed by atoms with Crippen molar-refractivity contribution in [3.8, 4) is 0 Å². The molecule has 3 N–H and O–H groups in total. The van der Waals surface area contributed by atoms with Crippen LogP contribution in [0.5, 0.6) is 0 Å². The van der Waals surface area contributed by atoms with Crippen molar-refractivity contribution >= 4 is 11.5 Å². The number of pyridine rings is 1. The van der Waals surface area contributed by atoms with Crippen molar-refractivity contribution in [3.05, 3.63) is 18.3 Å². The summed E-state index contributed by atoms with van der Waals surface area (Å²) in [7, 11) is 0. The summed E-state index contributed by atoms with van der Waals surface area (Å²) in [4.78, 5) is 4.26. The van der Waals surface area contributed by atoms with Crippen LogP contribution in [-0.2, 0) is 0 Å². The zero-order valence-electron chi connectivity index (χ0n) is 10.7. The highest BCUT2D eigenvalue weighted by Gasteiger charge is 2.19. The van der Waals surface area contributed by atoms with Crippen molar-refractivity contribution in [2.24, 2.45) is 11.8 Å². The van der Waals surface area contributed by atoms with Gasteiger partial charge in [0, 0.05) is 12.7 Å². The van der Waals surface area contributed by atoms with E-state index in [0.717, 1.165) is 29.9 Å². The Bertz CT molecular complexity index is 343. The fraction of sp³-hybridized carbons (Fsp3) is 0.643. The molecule has 1 heterocycles. The quantitative estimate of drug-likeness (QED) is 0.839. The van der Waals surface area contributed by atoms with Crippen LogP contribution in [0.3, 0.4) is 0 Å². The number of rotatable bonds is 4. The predicted octanol–water partition coefficient (Wildman–Crippen LogP) is 3.29. The van der Waals surface area contributed by atoms with Crippen molar-refractivity contribution < 1.29 is 0 Å². The Morgan fingerprint density at radius 1 is 1.29 bits per heavy atom. The Balaban J connectivity index is 1.78. The Morgan fingerprint density at radius 2 is 2.00 bits per heavy atom. The molecule has 17 heavy (non-hydrogen) atoms. The third-order valence-electron chi connectivity index (χ3n) is 3.94. The molecule has 1 aromatic heterocycles. The number of hydrogen-bond donors (Lipinski definition) is 2. The summed E-state index contributed by atoms with van der Waals surface area (Å²) >= 11 is 0. The summed E-state index contributed by atoms with van der Waals surface area (Å²) in [6.45, 7) is 3.31. The van der Waals surface area contributed by atoms with Gasteiger partial charge in [-0.2, -0.15) is 0 Å². The second-order valence-corrected chi connectivity index (χ2v) is 5.12. The lowest BCUT2D eigenvalue weighted by Crippen LogP contribution is -2.21. The fourth-order valence-corrected chi connectivity index (χ4v) is 2.65. The Labute approximate surface area is 104 Å². The van der Waals surface area contributed by atoms with E-state index >= 15 is 0 Å². The molecule has 1 fully saturated rings. The third kappa shape index (κ3) is 3.35. The van der Waals surface area contributed by atoms with E-state index in [-0.39, 0.29) is 0 Å². The first kappa shape index (κ1) is 12.2. The van der Waals surface area contributed by atoms with Gasteiger partial charge in [-0.3, -0.25) is 0 Å². The lowest BCUT2D eigenvalue weighted by atomic mass is 9.81. The molecule has 0 unspecified atom stereocenters. The second-order valence-electron chi connectivity index (χ2n) is 5.12. The van der Waals surface area contributed by atoms with Crippen LogP contribution in [0.4, 0.5) is 11.5 Å². The SMILES string of the molecule is CCC1CCC(CNc2ncccc2N)CC1. The van der Waals surface area contributed by atoms with E-state index in [1.807, 2.05) is 12.1 Å². The summed E-state index contributed by atoms with van der Waals surface area (Å²) in [5, 5.41) is 3.38. The van der Waals surface area contributed by atoms with Crippen LogP contribution in [0.25, 0.3) is 0 Å². The van der Waals surface area contributed by atoms with Crippen LogP contribution in [0.1, 0.15) is 39.0 Å². The van der Waals surface area contributed by atoms with Gasteiger partial charge in [0.25, 0.3) is 0 Å². The van der Waals surface area contributed by atoms with E-state index < -0.39 is 0 Å². The summed E-state index contributed by atoms with van der Waals surface area (Å²) in [6.07, 6.45) is 8.59. The van der Waals surface area contributed by atoms with Crippen molar-refractivity contribution in [2.45, 2.75) is 39.0 Å². The highest BCUT2D eigenvalue weighted by Crippen LogP contribution is 2.30. The molecule has 1 aliphatic carbocycles. The molecule has 0 aromatic carbocycles. The Hall–Kier alpha value is -1.25. The summed E-state index contributed by atoms with van der Waals surface area (Å²) in [5.74, 6) is 2.59. The number of nitrogens with one attached hydrogen (secondary N) is 1. The van der Waals surface area contributed by atoms with E-state index in [4.69, 9.17) is 5.73 Å². The summed E-state index contributed by atoms with van der Waals surface area (Å²) < 4.78 is 0. The molecule has 1 saturated carbocycles. The van der Waals surface area contributed by atoms with Crippen LogP contribution in [0.15, 0.2) is 18.3 Å². The van der Waals surface area contributed by atoms with Crippen molar-refractivity contribution in [2.75, 3.05) is 17.6 Å². The summed E-state index contributed by atoms with van der Waals surface area (Å²) in [5.41, 5.74) is 6.60. The van der Waals surface area contributed by atoms with Gasteiger partial charge in [-0.1, -0.05) is 26.2 Å². The first-order valence-electron chi connectivity index (χ1n) is 6.74. The predicted molar refractivity (Wildman–Crippen MR) is 72.9 cm³/mol. The molecule has 0 saturated heterocycles. The number of nitrogens with zero attached hydrogens (tertiary/aromatic N) is 1. The zero-order valence-corrected chi connectivity index (χ0v) is 10.7. The maximum atomic E-state index is 5.85. The molecule has 0 aliphatic heterocycles. The third-order valence-corrected chi connectivity index (χ3v) is 3.94. The Kier molecular flexibility index (Phi) is 4.24. The average Bonchev–Trinajstić information content (AvgIpc) is 2.38. The van der Waals surface area contributed by atoms with Crippen LogP contribution >= 0.6 is 0 Å². The summed E-state index contributed by atoms with van der Waals surface area (Å²) in [6, 6.07) is 3.76. The minimum atomic E-state index is 0.745. The van der Waals surface area contributed by atoms with Crippen molar-refractivity contribution in [1.29, 1.82) is 0 Å². The molecule has 1 aliphatic rings. The molecule has 0 atom stereocenters. The normalized spacial score (nSPS) is 24.5. The molecule has 94 valence electrons. The van der Waals surface area contributed by atoms with Crippen LogP contribution in [0, 0.1) is 11.8 Å². The number of hydrogen-bond acceptors (Lipinski definition) is 3. The zero-order chi connectivity index (χ0) is 12.1. The van der Waals surface area contributed by atoms with E-state index in [0.29, 0.717) is 0 Å². The first-order chi connectivity index (χ1) is 8.29. The van der Waals surface area contributed by atoms with Gasteiger partial charge in [0.1, 0.15) is 5.82 Å². The molecule has 0 spiro atoms. The minimum absolute atomic E-state index is 0.745. The van der Waals surface area contributed by atoms with Gasteiger partial charge in [0.05, 0.1) is 5.69 Å². The lowest BCUT2D eigenvalue weighted by molar-refractivity contribution is 0.278. The first-order valence-corrected chi connectivity index (χ1v) is 6.74. The molecule has 0 bridgehead atoms. The van der Waals surface area contributed by atoms with Gasteiger partial charge in [-0.25, -0.2) is 4.98 Å². The molecule has 3 nitrogen and oxygen atoms in total. The number of anilines is 2. The molecular weight excluding hydrogens is 210 g/mol. The minimum Gasteiger partial charge on any atom is -0.396 e. The largest absolute Gasteiger partial charge is 0.396 e. The van der Waals surface area contributed by atoms with Crippen LogP contribution < -0.4 is 11.1 Å². The topological polar surface area (TPSA) is 50.9 Å². The lowest BCUT2D eigenvalue weighted by Gasteiger charge is -2.28. The number of nitrogen functional groups attached to an aromatic ring is 1. The van der Waals surface area contributed by atoms with E-state index in [1.165, 1.54) is 32.1 Å².